The summed E-state index contributed by atoms with van der Waals surface area (Å²) in [7, 11) is -4.20. The normalized spacial score (nSPS) is 13.4. The molecule has 1 aromatic rings. The number of unbranched alkanes of at least 4 members (excludes halogenated alkanes) is 2. The second kappa shape index (κ2) is 6.47. The highest BCUT2D eigenvalue weighted by molar-refractivity contribution is 7.91. The van der Waals surface area contributed by atoms with Gasteiger partial charge < -0.3 is 0 Å². The van der Waals surface area contributed by atoms with Crippen LogP contribution in [0.5, 0.6) is 0 Å². The molecule has 0 atom stereocenters. The Bertz CT molecular complexity index is 584. The highest BCUT2D eigenvalue weighted by Gasteiger charge is 2.38. The van der Waals surface area contributed by atoms with Gasteiger partial charge in [0.25, 0.3) is 0 Å². The van der Waals surface area contributed by atoms with Crippen molar-refractivity contribution in [2.45, 2.75) is 43.4 Å². The van der Waals surface area contributed by atoms with E-state index in [1.54, 1.807) is 6.92 Å². The molecule has 0 aliphatic rings. The van der Waals surface area contributed by atoms with E-state index in [-0.39, 0.29) is 24.6 Å². The van der Waals surface area contributed by atoms with Gasteiger partial charge in [-0.15, -0.1) is 0 Å². The van der Waals surface area contributed by atoms with Crippen LogP contribution in [0.1, 0.15) is 37.3 Å². The Morgan fingerprint density at radius 3 is 1.68 bits per heavy atom. The quantitative estimate of drug-likeness (QED) is 0.571. The molecule has 0 saturated heterocycles. The summed E-state index contributed by atoms with van der Waals surface area (Å²) in [5.74, 6) is -0.487. The van der Waals surface area contributed by atoms with Gasteiger partial charge >= 0.3 is 12.4 Å². The van der Waals surface area contributed by atoms with Crippen molar-refractivity contribution in [2.75, 3.05) is 5.75 Å². The smallest absolute Gasteiger partial charge is 0.224 e. The van der Waals surface area contributed by atoms with Crippen molar-refractivity contribution in [2.24, 2.45) is 0 Å². The number of benzene rings is 1. The number of hydrogen-bond donors (Lipinski definition) is 0. The van der Waals surface area contributed by atoms with E-state index < -0.39 is 44.0 Å². The van der Waals surface area contributed by atoms with Crippen LogP contribution >= 0.6 is 0 Å². The lowest BCUT2D eigenvalue weighted by Crippen LogP contribution is -2.15. The van der Waals surface area contributed by atoms with Crippen molar-refractivity contribution in [3.05, 3.63) is 29.3 Å². The van der Waals surface area contributed by atoms with Gasteiger partial charge in [0.2, 0.25) is 0 Å². The lowest BCUT2D eigenvalue weighted by atomic mass is 10.1. The summed E-state index contributed by atoms with van der Waals surface area (Å²) >= 11 is 0. The van der Waals surface area contributed by atoms with Crippen molar-refractivity contribution in [3.8, 4) is 0 Å². The van der Waals surface area contributed by atoms with E-state index in [0.717, 1.165) is 0 Å². The van der Waals surface area contributed by atoms with Crippen molar-refractivity contribution >= 4 is 9.84 Å². The molecule has 9 heteroatoms. The molecule has 126 valence electrons. The largest absolute Gasteiger partial charge is 0.416 e. The zero-order valence-corrected chi connectivity index (χ0v) is 12.4. The van der Waals surface area contributed by atoms with E-state index in [4.69, 9.17) is 0 Å². The number of sulfone groups is 1. The molecule has 1 aromatic carbocycles. The molecule has 0 bridgehead atoms. The molecule has 0 aromatic heterocycles. The van der Waals surface area contributed by atoms with E-state index in [0.29, 0.717) is 12.8 Å². The number of hydrogen-bond acceptors (Lipinski definition) is 2. The zero-order chi connectivity index (χ0) is 17.2. The molecule has 0 fully saturated rings. The molecule has 0 amide bonds. The summed E-state index contributed by atoms with van der Waals surface area (Å²) < 4.78 is 99.9. The minimum atomic E-state index is -5.06. The average molecular weight is 348 g/mol. The molecule has 0 spiro atoms. The number of alkyl halides is 6. The van der Waals surface area contributed by atoms with Gasteiger partial charge in [0.15, 0.2) is 9.84 Å². The Balaban J connectivity index is 3.35. The summed E-state index contributed by atoms with van der Waals surface area (Å²) in [6.07, 6.45) is -8.75. The molecular formula is C13H14F6O2S. The van der Waals surface area contributed by atoms with Crippen molar-refractivity contribution in [1.29, 1.82) is 0 Å². The minimum absolute atomic E-state index is 0.0922. The fourth-order valence-electron chi connectivity index (χ4n) is 1.77. The predicted molar refractivity (Wildman–Crippen MR) is 68.0 cm³/mol. The molecular weight excluding hydrogens is 334 g/mol. The SMILES string of the molecule is CCCCCS(=O)(=O)c1cc(C(F)(F)F)cc(C(F)(F)F)c1. The van der Waals surface area contributed by atoms with E-state index in [9.17, 15) is 34.8 Å². The van der Waals surface area contributed by atoms with Gasteiger partial charge in [-0.25, -0.2) is 8.42 Å². The van der Waals surface area contributed by atoms with Gasteiger partial charge in [-0.1, -0.05) is 19.8 Å². The van der Waals surface area contributed by atoms with Crippen LogP contribution in [0.4, 0.5) is 26.3 Å². The van der Waals surface area contributed by atoms with Crippen molar-refractivity contribution < 1.29 is 34.8 Å². The van der Waals surface area contributed by atoms with Crippen LogP contribution < -0.4 is 0 Å². The lowest BCUT2D eigenvalue weighted by molar-refractivity contribution is -0.143. The first-order chi connectivity index (χ1) is 9.88. The van der Waals surface area contributed by atoms with Gasteiger partial charge in [-0.2, -0.15) is 26.3 Å². The molecule has 0 heterocycles. The summed E-state index contributed by atoms with van der Waals surface area (Å²) in [6.45, 7) is 1.79. The monoisotopic (exact) mass is 348 g/mol. The van der Waals surface area contributed by atoms with Crippen LogP contribution in [-0.2, 0) is 22.2 Å². The maximum atomic E-state index is 12.7. The van der Waals surface area contributed by atoms with Crippen LogP contribution in [0.2, 0.25) is 0 Å². The van der Waals surface area contributed by atoms with Gasteiger partial charge in [0.1, 0.15) is 0 Å². The fourth-order valence-corrected chi connectivity index (χ4v) is 3.20. The standard InChI is InChI=1S/C13H14F6O2S/c1-2-3-4-5-22(20,21)11-7-9(12(14,15)16)6-10(8-11)13(17,18)19/h6-8H,2-5H2,1H3. The third-order valence-electron chi connectivity index (χ3n) is 2.94. The Morgan fingerprint density at radius 2 is 1.32 bits per heavy atom. The van der Waals surface area contributed by atoms with Crippen LogP contribution in [-0.4, -0.2) is 14.2 Å². The third kappa shape index (κ3) is 4.89. The van der Waals surface area contributed by atoms with Gasteiger partial charge in [-0.3, -0.25) is 0 Å². The first-order valence-electron chi connectivity index (χ1n) is 6.40. The summed E-state index contributed by atoms with van der Waals surface area (Å²) in [5, 5.41) is 0. The Hall–Kier alpha value is -1.25. The summed E-state index contributed by atoms with van der Waals surface area (Å²) in [6, 6.07) is 0.401. The molecule has 0 unspecified atom stereocenters. The van der Waals surface area contributed by atoms with Gasteiger partial charge in [0.05, 0.1) is 21.8 Å². The number of halogens is 6. The van der Waals surface area contributed by atoms with E-state index >= 15 is 0 Å². The molecule has 0 aliphatic heterocycles. The van der Waals surface area contributed by atoms with Crippen LogP contribution in [0.15, 0.2) is 23.1 Å². The first kappa shape index (κ1) is 18.8. The number of rotatable bonds is 5. The van der Waals surface area contributed by atoms with Crippen LogP contribution in [0.3, 0.4) is 0 Å². The predicted octanol–water partition coefficient (Wildman–Crippen LogP) is 4.69. The van der Waals surface area contributed by atoms with Crippen molar-refractivity contribution in [1.82, 2.24) is 0 Å². The summed E-state index contributed by atoms with van der Waals surface area (Å²) in [4.78, 5) is -0.953. The van der Waals surface area contributed by atoms with Crippen molar-refractivity contribution in [3.63, 3.8) is 0 Å². The molecule has 0 aliphatic carbocycles. The van der Waals surface area contributed by atoms with E-state index in [1.165, 1.54) is 0 Å². The van der Waals surface area contributed by atoms with Crippen LogP contribution in [0.25, 0.3) is 0 Å². The maximum Gasteiger partial charge on any atom is 0.416 e. The Labute approximate surface area is 124 Å². The molecule has 2 nitrogen and oxygen atoms in total. The third-order valence-corrected chi connectivity index (χ3v) is 4.72. The zero-order valence-electron chi connectivity index (χ0n) is 11.6. The Morgan fingerprint density at radius 1 is 0.864 bits per heavy atom. The topological polar surface area (TPSA) is 34.1 Å². The van der Waals surface area contributed by atoms with Gasteiger partial charge in [0, 0.05) is 0 Å². The molecule has 0 saturated carbocycles. The average Bonchev–Trinajstić information content (AvgIpc) is 2.36. The second-order valence-corrected chi connectivity index (χ2v) is 6.88. The van der Waals surface area contributed by atoms with Crippen LogP contribution in [0, 0.1) is 0 Å². The lowest BCUT2D eigenvalue weighted by Gasteiger charge is -2.14. The molecule has 0 N–H and O–H groups in total. The molecule has 22 heavy (non-hydrogen) atoms. The van der Waals surface area contributed by atoms with E-state index in [2.05, 4.69) is 0 Å². The fraction of sp³-hybridized carbons (Fsp3) is 0.538. The summed E-state index contributed by atoms with van der Waals surface area (Å²) in [5.41, 5.74) is -3.26. The first-order valence-corrected chi connectivity index (χ1v) is 8.05. The van der Waals surface area contributed by atoms with E-state index in [1.807, 2.05) is 0 Å². The highest BCUT2D eigenvalue weighted by atomic mass is 32.2. The minimum Gasteiger partial charge on any atom is -0.224 e. The Kier molecular flexibility index (Phi) is 5.53. The second-order valence-electron chi connectivity index (χ2n) is 4.77. The van der Waals surface area contributed by atoms with Gasteiger partial charge in [-0.05, 0) is 24.6 Å². The highest BCUT2D eigenvalue weighted by Crippen LogP contribution is 2.37. The molecule has 1 rings (SSSR count). The maximum absolute atomic E-state index is 12.7. The molecule has 0 radical (unpaired) electrons.